The van der Waals surface area contributed by atoms with E-state index < -0.39 is 5.97 Å². The molecule has 2 aliphatic rings. The van der Waals surface area contributed by atoms with Gasteiger partial charge in [-0.2, -0.15) is 0 Å². The number of fused-ring (bicyclic) bond motifs is 1. The van der Waals surface area contributed by atoms with Gasteiger partial charge in [-0.1, -0.05) is 25.1 Å². The highest BCUT2D eigenvalue weighted by Gasteiger charge is 2.37. The smallest absolute Gasteiger partial charge is 0.306 e. The maximum Gasteiger partial charge on any atom is 0.306 e. The number of hydrogen-bond acceptors (Lipinski definition) is 2. The first-order valence-corrected chi connectivity index (χ1v) is 10.2. The third kappa shape index (κ3) is 3.35. The van der Waals surface area contributed by atoms with Crippen molar-refractivity contribution in [2.45, 2.75) is 51.4 Å². The van der Waals surface area contributed by atoms with Crippen LogP contribution < -0.4 is 0 Å². The van der Waals surface area contributed by atoms with Gasteiger partial charge in [0.2, 0.25) is 5.91 Å². The predicted molar refractivity (Wildman–Crippen MR) is 105 cm³/mol. The number of piperidine rings is 1. The van der Waals surface area contributed by atoms with Crippen molar-refractivity contribution in [3.63, 3.8) is 0 Å². The number of aromatic amines is 1. The van der Waals surface area contributed by atoms with Gasteiger partial charge in [0.1, 0.15) is 0 Å². The lowest BCUT2D eigenvalue weighted by molar-refractivity contribution is -0.141. The average molecular weight is 368 g/mol. The zero-order chi connectivity index (χ0) is 19.0. The number of benzene rings is 1. The molecular weight excluding hydrogens is 340 g/mol. The molecule has 0 spiro atoms. The van der Waals surface area contributed by atoms with Crippen LogP contribution in [0.25, 0.3) is 10.9 Å². The average Bonchev–Trinajstić information content (AvgIpc) is 3.35. The molecule has 5 heteroatoms. The SMILES string of the molecule is CCc1cccc2c(C3CCN(C(=O)[C@@H]4CC[C@H](C(=O)O)C4)CC3)c[nH]c12. The Balaban J connectivity index is 1.41. The van der Waals surface area contributed by atoms with E-state index in [1.54, 1.807) is 0 Å². The van der Waals surface area contributed by atoms with E-state index in [0.29, 0.717) is 18.8 Å². The van der Waals surface area contributed by atoms with E-state index in [1.807, 2.05) is 4.90 Å². The van der Waals surface area contributed by atoms with Gasteiger partial charge >= 0.3 is 5.97 Å². The van der Waals surface area contributed by atoms with Gasteiger partial charge < -0.3 is 15.0 Å². The summed E-state index contributed by atoms with van der Waals surface area (Å²) < 4.78 is 0. The quantitative estimate of drug-likeness (QED) is 0.858. The number of nitrogens with one attached hydrogen (secondary N) is 1. The van der Waals surface area contributed by atoms with E-state index in [9.17, 15) is 9.59 Å². The topological polar surface area (TPSA) is 73.4 Å². The summed E-state index contributed by atoms with van der Waals surface area (Å²) in [5, 5.41) is 10.5. The van der Waals surface area contributed by atoms with Gasteiger partial charge in [0.15, 0.2) is 0 Å². The summed E-state index contributed by atoms with van der Waals surface area (Å²) in [5.41, 5.74) is 3.97. The number of H-pyrrole nitrogens is 1. The normalized spacial score (nSPS) is 23.8. The molecule has 0 radical (unpaired) electrons. The van der Waals surface area contributed by atoms with Gasteiger partial charge in [-0.3, -0.25) is 9.59 Å². The van der Waals surface area contributed by atoms with Crippen molar-refractivity contribution in [3.8, 4) is 0 Å². The fourth-order valence-corrected chi connectivity index (χ4v) is 4.97. The van der Waals surface area contributed by atoms with Crippen molar-refractivity contribution < 1.29 is 14.7 Å². The molecular formula is C22H28N2O3. The molecule has 144 valence electrons. The fraction of sp³-hybridized carbons (Fsp3) is 0.545. The number of amides is 1. The fourth-order valence-electron chi connectivity index (χ4n) is 4.97. The molecule has 27 heavy (non-hydrogen) atoms. The minimum absolute atomic E-state index is 0.0946. The van der Waals surface area contributed by atoms with E-state index in [-0.39, 0.29) is 17.7 Å². The maximum absolute atomic E-state index is 12.8. The van der Waals surface area contributed by atoms with Crippen molar-refractivity contribution in [2.24, 2.45) is 11.8 Å². The Morgan fingerprint density at radius 2 is 1.89 bits per heavy atom. The Hall–Kier alpha value is -2.30. The monoisotopic (exact) mass is 368 g/mol. The molecule has 1 amide bonds. The first-order chi connectivity index (χ1) is 13.1. The lowest BCUT2D eigenvalue weighted by Gasteiger charge is -2.33. The molecule has 2 fully saturated rings. The number of carboxylic acids is 1. The standard InChI is InChI=1S/C22H28N2O3/c1-2-14-4-3-5-18-19(13-23-20(14)18)15-8-10-24(11-9-15)21(25)16-6-7-17(12-16)22(26)27/h3-5,13,15-17,23H,2,6-12H2,1H3,(H,26,27)/t16-,17+/m1/s1. The largest absolute Gasteiger partial charge is 0.481 e. The number of para-hydroxylation sites is 1. The number of aryl methyl sites for hydroxylation is 1. The molecule has 2 aromatic rings. The summed E-state index contributed by atoms with van der Waals surface area (Å²) in [4.78, 5) is 29.4. The van der Waals surface area contributed by atoms with Crippen molar-refractivity contribution in [1.29, 1.82) is 0 Å². The van der Waals surface area contributed by atoms with Crippen LogP contribution in [0.5, 0.6) is 0 Å². The van der Waals surface area contributed by atoms with Crippen LogP contribution in [0.3, 0.4) is 0 Å². The first kappa shape index (κ1) is 18.1. The van der Waals surface area contributed by atoms with Gasteiger partial charge in [-0.25, -0.2) is 0 Å². The molecule has 4 rings (SSSR count). The highest BCUT2D eigenvalue weighted by Crippen LogP contribution is 2.37. The summed E-state index contributed by atoms with van der Waals surface area (Å²) in [7, 11) is 0. The lowest BCUT2D eigenvalue weighted by atomic mass is 9.88. The van der Waals surface area contributed by atoms with Crippen molar-refractivity contribution >= 4 is 22.8 Å². The summed E-state index contributed by atoms with van der Waals surface area (Å²) in [6.45, 7) is 3.73. The van der Waals surface area contributed by atoms with Crippen LogP contribution in [0.2, 0.25) is 0 Å². The first-order valence-electron chi connectivity index (χ1n) is 10.2. The highest BCUT2D eigenvalue weighted by molar-refractivity contribution is 5.86. The van der Waals surface area contributed by atoms with E-state index >= 15 is 0 Å². The van der Waals surface area contributed by atoms with Crippen LogP contribution >= 0.6 is 0 Å². The van der Waals surface area contributed by atoms with Crippen molar-refractivity contribution in [3.05, 3.63) is 35.5 Å². The zero-order valence-corrected chi connectivity index (χ0v) is 15.9. The van der Waals surface area contributed by atoms with E-state index in [1.165, 1.54) is 22.0 Å². The van der Waals surface area contributed by atoms with Gasteiger partial charge in [0.25, 0.3) is 0 Å². The molecule has 2 heterocycles. The van der Waals surface area contributed by atoms with Crippen molar-refractivity contribution in [1.82, 2.24) is 9.88 Å². The van der Waals surface area contributed by atoms with E-state index in [4.69, 9.17) is 5.11 Å². The molecule has 5 nitrogen and oxygen atoms in total. The van der Waals surface area contributed by atoms with Crippen molar-refractivity contribution in [2.75, 3.05) is 13.1 Å². The summed E-state index contributed by atoms with van der Waals surface area (Å²) in [6.07, 6.45) is 6.99. The Morgan fingerprint density at radius 3 is 2.56 bits per heavy atom. The Kier molecular flexibility index (Phi) is 4.94. The molecule has 0 bridgehead atoms. The van der Waals surface area contributed by atoms with Crippen LogP contribution in [-0.2, 0) is 16.0 Å². The molecule has 1 saturated heterocycles. The third-order valence-electron chi connectivity index (χ3n) is 6.59. The van der Waals surface area contributed by atoms with Crippen LogP contribution in [0.4, 0.5) is 0 Å². The summed E-state index contributed by atoms with van der Waals surface area (Å²) in [6, 6.07) is 6.51. The van der Waals surface area contributed by atoms with Crippen LogP contribution in [-0.4, -0.2) is 40.0 Å². The number of nitrogens with zero attached hydrogens (tertiary/aromatic N) is 1. The molecule has 1 aromatic carbocycles. The number of carboxylic acid groups (broad SMARTS) is 1. The molecule has 0 unspecified atom stereocenters. The highest BCUT2D eigenvalue weighted by atomic mass is 16.4. The van der Waals surface area contributed by atoms with Gasteiger partial charge in [-0.05, 0) is 55.6 Å². The van der Waals surface area contributed by atoms with E-state index in [2.05, 4.69) is 36.3 Å². The number of hydrogen-bond donors (Lipinski definition) is 2. The second kappa shape index (κ2) is 7.37. The molecule has 1 saturated carbocycles. The Morgan fingerprint density at radius 1 is 1.15 bits per heavy atom. The van der Waals surface area contributed by atoms with E-state index in [0.717, 1.165) is 38.8 Å². The molecule has 1 aromatic heterocycles. The molecule has 1 aliphatic heterocycles. The maximum atomic E-state index is 12.8. The van der Waals surface area contributed by atoms with Gasteiger partial charge in [-0.15, -0.1) is 0 Å². The van der Waals surface area contributed by atoms with Crippen LogP contribution in [0.15, 0.2) is 24.4 Å². The minimum atomic E-state index is -0.755. The number of likely N-dealkylation sites (tertiary alicyclic amines) is 1. The van der Waals surface area contributed by atoms with Gasteiger partial charge in [0.05, 0.1) is 5.92 Å². The summed E-state index contributed by atoms with van der Waals surface area (Å²) >= 11 is 0. The minimum Gasteiger partial charge on any atom is -0.481 e. The third-order valence-corrected chi connectivity index (χ3v) is 6.59. The van der Waals surface area contributed by atoms with Crippen LogP contribution in [0, 0.1) is 11.8 Å². The second-order valence-corrected chi connectivity index (χ2v) is 8.08. The number of aliphatic carboxylic acids is 1. The Labute approximate surface area is 159 Å². The number of carbonyl (C=O) groups excluding carboxylic acids is 1. The Bertz CT molecular complexity index is 848. The molecule has 2 N–H and O–H groups in total. The number of aromatic nitrogens is 1. The lowest BCUT2D eigenvalue weighted by Crippen LogP contribution is -2.41. The molecule has 2 atom stereocenters. The predicted octanol–water partition coefficient (Wildman–Crippen LogP) is 3.94. The zero-order valence-electron chi connectivity index (χ0n) is 15.9. The number of carbonyl (C=O) groups is 2. The van der Waals surface area contributed by atoms with Gasteiger partial charge in [0, 0.05) is 36.1 Å². The number of rotatable bonds is 4. The van der Waals surface area contributed by atoms with Crippen LogP contribution in [0.1, 0.15) is 56.1 Å². The molecule has 1 aliphatic carbocycles. The summed E-state index contributed by atoms with van der Waals surface area (Å²) in [5.74, 6) is -0.539. The second-order valence-electron chi connectivity index (χ2n) is 8.08.